The van der Waals surface area contributed by atoms with Gasteiger partial charge < -0.3 is 0 Å². The monoisotopic (exact) mass is 254 g/mol. The number of hydrogen-bond acceptors (Lipinski definition) is 3. The van der Waals surface area contributed by atoms with E-state index in [1.165, 1.54) is 10.5 Å². The first-order valence-corrected chi connectivity index (χ1v) is 6.55. The Balaban J connectivity index is 2.47. The fourth-order valence-electron chi connectivity index (χ4n) is 1.80. The van der Waals surface area contributed by atoms with Crippen LogP contribution in [0.15, 0.2) is 40.1 Å². The molecule has 1 aromatic heterocycles. The second-order valence-electron chi connectivity index (χ2n) is 4.20. The van der Waals surface area contributed by atoms with Gasteiger partial charge in [-0.1, -0.05) is 30.0 Å². The van der Waals surface area contributed by atoms with Crippen LogP contribution < -0.4 is 0 Å². The number of nitrogens with zero attached hydrogens (tertiary/aromatic N) is 2. The van der Waals surface area contributed by atoms with Crippen LogP contribution >= 0.6 is 11.8 Å². The summed E-state index contributed by atoms with van der Waals surface area (Å²) >= 11 is 1.63. The van der Waals surface area contributed by atoms with Crippen molar-refractivity contribution in [1.82, 2.24) is 4.98 Å². The van der Waals surface area contributed by atoms with Crippen LogP contribution in [0, 0.1) is 32.1 Å². The van der Waals surface area contributed by atoms with Crippen LogP contribution in [0.4, 0.5) is 0 Å². The molecule has 18 heavy (non-hydrogen) atoms. The van der Waals surface area contributed by atoms with Crippen molar-refractivity contribution in [1.29, 1.82) is 5.26 Å². The Labute approximate surface area is 112 Å². The van der Waals surface area contributed by atoms with Crippen LogP contribution in [0.5, 0.6) is 0 Å². The molecule has 1 heterocycles. The topological polar surface area (TPSA) is 36.7 Å². The van der Waals surface area contributed by atoms with Crippen molar-refractivity contribution in [3.63, 3.8) is 0 Å². The molecule has 0 radical (unpaired) electrons. The highest BCUT2D eigenvalue weighted by Crippen LogP contribution is 2.33. The van der Waals surface area contributed by atoms with E-state index >= 15 is 0 Å². The van der Waals surface area contributed by atoms with E-state index in [-0.39, 0.29) is 0 Å². The smallest absolute Gasteiger partial charge is 0.102 e. The Bertz CT molecular complexity index is 627. The summed E-state index contributed by atoms with van der Waals surface area (Å²) in [7, 11) is 0. The van der Waals surface area contributed by atoms with Gasteiger partial charge in [0, 0.05) is 15.5 Å². The van der Waals surface area contributed by atoms with Crippen molar-refractivity contribution in [3.05, 3.63) is 52.8 Å². The lowest BCUT2D eigenvalue weighted by atomic mass is 10.2. The third-order valence-corrected chi connectivity index (χ3v) is 3.94. The summed E-state index contributed by atoms with van der Waals surface area (Å²) in [6, 6.07) is 12.4. The number of rotatable bonds is 2. The largest absolute Gasteiger partial charge is 0.257 e. The number of nitriles is 1. The van der Waals surface area contributed by atoms with Crippen molar-refractivity contribution in [2.75, 3.05) is 0 Å². The predicted molar refractivity (Wildman–Crippen MR) is 73.7 cm³/mol. The number of aryl methyl sites for hydroxylation is 3. The molecule has 0 atom stereocenters. The number of aromatic nitrogens is 1. The molecular weight excluding hydrogens is 240 g/mol. The molecule has 0 bridgehead atoms. The van der Waals surface area contributed by atoms with Gasteiger partial charge in [-0.05, 0) is 38.5 Å². The van der Waals surface area contributed by atoms with E-state index < -0.39 is 0 Å². The van der Waals surface area contributed by atoms with Gasteiger partial charge in [0.15, 0.2) is 0 Å². The maximum atomic E-state index is 9.23. The van der Waals surface area contributed by atoms with Crippen LogP contribution in [-0.2, 0) is 0 Å². The summed E-state index contributed by atoms with van der Waals surface area (Å²) < 4.78 is 0. The molecule has 0 fully saturated rings. The molecule has 0 aliphatic heterocycles. The predicted octanol–water partition coefficient (Wildman–Crippen LogP) is 4.03. The lowest BCUT2D eigenvalue weighted by Crippen LogP contribution is -1.94. The Morgan fingerprint density at radius 2 is 1.83 bits per heavy atom. The summed E-state index contributed by atoms with van der Waals surface area (Å²) in [5.74, 6) is 0. The third-order valence-electron chi connectivity index (χ3n) is 2.72. The molecule has 3 heteroatoms. The molecule has 2 rings (SSSR count). The lowest BCUT2D eigenvalue weighted by molar-refractivity contribution is 1.07. The minimum atomic E-state index is 0.675. The molecule has 0 N–H and O–H groups in total. The minimum absolute atomic E-state index is 0.675. The van der Waals surface area contributed by atoms with Crippen LogP contribution in [0.1, 0.15) is 22.5 Å². The van der Waals surface area contributed by atoms with Gasteiger partial charge in [-0.3, -0.25) is 4.98 Å². The van der Waals surface area contributed by atoms with Crippen molar-refractivity contribution < 1.29 is 0 Å². The fraction of sp³-hybridized carbons (Fsp3) is 0.200. The summed E-state index contributed by atoms with van der Waals surface area (Å²) in [6.45, 7) is 5.92. The second-order valence-corrected chi connectivity index (χ2v) is 5.29. The van der Waals surface area contributed by atoms with Gasteiger partial charge in [0.25, 0.3) is 0 Å². The first-order chi connectivity index (χ1) is 8.61. The zero-order chi connectivity index (χ0) is 13.1. The molecule has 0 aliphatic carbocycles. The number of pyridine rings is 1. The van der Waals surface area contributed by atoms with Gasteiger partial charge in [0.05, 0.1) is 11.3 Å². The highest BCUT2D eigenvalue weighted by atomic mass is 32.2. The van der Waals surface area contributed by atoms with Crippen LogP contribution in [0.25, 0.3) is 0 Å². The van der Waals surface area contributed by atoms with E-state index in [1.54, 1.807) is 11.8 Å². The fourth-order valence-corrected chi connectivity index (χ4v) is 2.94. The molecule has 2 aromatic rings. The first-order valence-electron chi connectivity index (χ1n) is 5.73. The van der Waals surface area contributed by atoms with Crippen molar-refractivity contribution >= 4 is 11.8 Å². The van der Waals surface area contributed by atoms with Gasteiger partial charge in [-0.15, -0.1) is 0 Å². The average molecular weight is 254 g/mol. The van der Waals surface area contributed by atoms with E-state index in [2.05, 4.69) is 30.1 Å². The van der Waals surface area contributed by atoms with Gasteiger partial charge in [-0.25, -0.2) is 0 Å². The van der Waals surface area contributed by atoms with Crippen LogP contribution in [0.3, 0.4) is 0 Å². The summed E-state index contributed by atoms with van der Waals surface area (Å²) in [5.41, 5.74) is 3.64. The van der Waals surface area contributed by atoms with Crippen molar-refractivity contribution in [3.8, 4) is 6.07 Å². The number of hydrogen-bond donors (Lipinski definition) is 0. The highest BCUT2D eigenvalue weighted by molar-refractivity contribution is 7.99. The molecule has 0 saturated heterocycles. The second kappa shape index (κ2) is 5.24. The Hall–Kier alpha value is -1.79. The van der Waals surface area contributed by atoms with Crippen molar-refractivity contribution in [2.24, 2.45) is 0 Å². The zero-order valence-electron chi connectivity index (χ0n) is 10.7. The van der Waals surface area contributed by atoms with E-state index in [1.807, 2.05) is 32.0 Å². The van der Waals surface area contributed by atoms with Gasteiger partial charge in [0.2, 0.25) is 0 Å². The molecule has 0 amide bonds. The van der Waals surface area contributed by atoms with Crippen molar-refractivity contribution in [2.45, 2.75) is 30.6 Å². The standard InChI is InChI=1S/C15H14N2S/c1-10-6-4-5-7-14(10)18-15-8-11(2)17-12(3)13(15)9-16/h4-8H,1-3H3. The SMILES string of the molecule is Cc1cc(Sc2ccccc2C)c(C#N)c(C)n1. The molecule has 1 aromatic carbocycles. The molecule has 2 nitrogen and oxygen atoms in total. The Morgan fingerprint density at radius 3 is 2.50 bits per heavy atom. The van der Waals surface area contributed by atoms with E-state index in [9.17, 15) is 5.26 Å². The quantitative estimate of drug-likeness (QED) is 0.812. The molecule has 0 spiro atoms. The molecule has 90 valence electrons. The van der Waals surface area contributed by atoms with E-state index in [4.69, 9.17) is 0 Å². The normalized spacial score (nSPS) is 10.1. The minimum Gasteiger partial charge on any atom is -0.257 e. The molecular formula is C15H14N2S. The first kappa shape index (κ1) is 12.7. The maximum Gasteiger partial charge on any atom is 0.102 e. The maximum absolute atomic E-state index is 9.23. The Kier molecular flexibility index (Phi) is 3.69. The zero-order valence-corrected chi connectivity index (χ0v) is 11.5. The van der Waals surface area contributed by atoms with E-state index in [0.29, 0.717) is 5.56 Å². The summed E-state index contributed by atoms with van der Waals surface area (Å²) in [6.07, 6.45) is 0. The van der Waals surface area contributed by atoms with E-state index in [0.717, 1.165) is 16.3 Å². The molecule has 0 saturated carbocycles. The third kappa shape index (κ3) is 2.55. The highest BCUT2D eigenvalue weighted by Gasteiger charge is 2.10. The Morgan fingerprint density at radius 1 is 1.11 bits per heavy atom. The summed E-state index contributed by atoms with van der Waals surface area (Å²) in [4.78, 5) is 6.50. The van der Waals surface area contributed by atoms with Crippen LogP contribution in [-0.4, -0.2) is 4.98 Å². The molecule has 0 aliphatic rings. The van der Waals surface area contributed by atoms with Gasteiger partial charge in [0.1, 0.15) is 6.07 Å². The van der Waals surface area contributed by atoms with Crippen LogP contribution in [0.2, 0.25) is 0 Å². The number of benzene rings is 1. The average Bonchev–Trinajstić information content (AvgIpc) is 2.31. The van der Waals surface area contributed by atoms with Gasteiger partial charge >= 0.3 is 0 Å². The summed E-state index contributed by atoms with van der Waals surface area (Å²) in [5, 5.41) is 9.23. The van der Waals surface area contributed by atoms with Gasteiger partial charge in [-0.2, -0.15) is 5.26 Å². The molecule has 0 unspecified atom stereocenters. The lowest BCUT2D eigenvalue weighted by Gasteiger charge is -2.09.